The first-order chi connectivity index (χ1) is 10.5. The van der Waals surface area contributed by atoms with E-state index in [1.165, 1.54) is 31.2 Å². The summed E-state index contributed by atoms with van der Waals surface area (Å²) in [4.78, 5) is 4.71. The van der Waals surface area contributed by atoms with Crippen molar-refractivity contribution in [2.45, 2.75) is 25.9 Å². The smallest absolute Gasteiger partial charge is 0.394 e. The van der Waals surface area contributed by atoms with Crippen molar-refractivity contribution in [1.82, 2.24) is 0 Å². The first kappa shape index (κ1) is 20.4. The predicted octanol–water partition coefficient (Wildman–Crippen LogP) is 3.45. The van der Waals surface area contributed by atoms with Crippen molar-refractivity contribution in [1.29, 1.82) is 0 Å². The molecule has 0 bridgehead atoms. The number of oxime groups is 1. The van der Waals surface area contributed by atoms with Crippen molar-refractivity contribution in [3.63, 3.8) is 0 Å². The number of nitrogens with two attached hydrogens (primary N) is 1. The van der Waals surface area contributed by atoms with Gasteiger partial charge in [0.25, 0.3) is 0 Å². The van der Waals surface area contributed by atoms with Crippen LogP contribution in [0, 0.1) is 0 Å². The molecule has 0 spiro atoms. The van der Waals surface area contributed by atoms with E-state index in [4.69, 9.17) is 15.3 Å². The molecule has 4 nitrogen and oxygen atoms in total. The molecule has 1 aromatic rings. The topological polar surface area (TPSA) is 56.8 Å². The van der Waals surface area contributed by atoms with Gasteiger partial charge < -0.3 is 15.3 Å². The van der Waals surface area contributed by atoms with Gasteiger partial charge in [-0.2, -0.15) is 13.2 Å². The Bertz CT molecular complexity index is 402. The van der Waals surface area contributed by atoms with Crippen molar-refractivity contribution >= 4 is 6.21 Å². The van der Waals surface area contributed by atoms with E-state index in [0.717, 1.165) is 18.7 Å². The summed E-state index contributed by atoms with van der Waals surface area (Å²) in [6, 6.07) is 4.62. The summed E-state index contributed by atoms with van der Waals surface area (Å²) in [6.45, 7) is 3.68. The second-order valence-electron chi connectivity index (χ2n) is 4.32. The number of halogens is 3. The van der Waals surface area contributed by atoms with E-state index in [1.807, 2.05) is 0 Å². The van der Waals surface area contributed by atoms with Gasteiger partial charge in [-0.3, -0.25) is 0 Å². The highest BCUT2D eigenvalue weighted by Gasteiger charge is 2.29. The molecule has 1 aromatic carbocycles. The second-order valence-corrected chi connectivity index (χ2v) is 4.32. The molecule has 0 atom stereocenters. The Kier molecular flexibility index (Phi) is 11.1. The summed E-state index contributed by atoms with van der Waals surface area (Å²) in [5, 5.41) is 3.54. The van der Waals surface area contributed by atoms with Crippen LogP contribution in [0.3, 0.4) is 0 Å². The molecule has 0 aromatic heterocycles. The lowest BCUT2D eigenvalue weighted by atomic mass is 10.1. The van der Waals surface area contributed by atoms with E-state index < -0.39 is 11.7 Å². The minimum absolute atomic E-state index is 0.275. The molecule has 0 unspecified atom stereocenters. The first-order valence-corrected chi connectivity index (χ1v) is 6.97. The normalized spacial score (nSPS) is 11.2. The lowest BCUT2D eigenvalue weighted by Crippen LogP contribution is -2.05. The minimum atomic E-state index is -4.31. The summed E-state index contributed by atoms with van der Waals surface area (Å²) >= 11 is 0. The maximum atomic E-state index is 12.2. The number of unbranched alkanes of at least 4 members (excludes halogenated alkanes) is 1. The molecule has 2 N–H and O–H groups in total. The maximum Gasteiger partial charge on any atom is 0.416 e. The average Bonchev–Trinajstić information content (AvgIpc) is 2.50. The summed E-state index contributed by atoms with van der Waals surface area (Å²) in [6.07, 6.45) is -0.564. The molecule has 0 aliphatic carbocycles. The van der Waals surface area contributed by atoms with Crippen LogP contribution in [0.1, 0.15) is 30.9 Å². The molecule has 22 heavy (non-hydrogen) atoms. The van der Waals surface area contributed by atoms with E-state index in [-0.39, 0.29) is 6.61 Å². The lowest BCUT2D eigenvalue weighted by molar-refractivity contribution is -0.137. The molecule has 126 valence electrons. The SMILES string of the molecule is CCCCOC.NCCO/N=C/c1ccc(C(F)(F)F)cc1. The fraction of sp³-hybridized carbons (Fsp3) is 0.533. The van der Waals surface area contributed by atoms with Gasteiger partial charge >= 0.3 is 6.18 Å². The Morgan fingerprint density at radius 2 is 1.82 bits per heavy atom. The molecule has 0 saturated heterocycles. The number of benzene rings is 1. The third-order valence-electron chi connectivity index (χ3n) is 2.43. The van der Waals surface area contributed by atoms with E-state index in [0.29, 0.717) is 12.1 Å². The van der Waals surface area contributed by atoms with Gasteiger partial charge in [-0.1, -0.05) is 30.6 Å². The number of rotatable bonds is 7. The zero-order chi connectivity index (χ0) is 16.8. The molecule has 0 fully saturated rings. The molecule has 0 heterocycles. The van der Waals surface area contributed by atoms with E-state index in [9.17, 15) is 13.2 Å². The third kappa shape index (κ3) is 10.2. The van der Waals surface area contributed by atoms with Gasteiger partial charge in [-0.25, -0.2) is 0 Å². The van der Waals surface area contributed by atoms with Crippen LogP contribution < -0.4 is 5.73 Å². The van der Waals surface area contributed by atoms with Gasteiger partial charge in [0, 0.05) is 20.3 Å². The van der Waals surface area contributed by atoms with Gasteiger partial charge in [-0.05, 0) is 24.1 Å². The zero-order valence-corrected chi connectivity index (χ0v) is 12.9. The maximum absolute atomic E-state index is 12.2. The Morgan fingerprint density at radius 3 is 2.23 bits per heavy atom. The van der Waals surface area contributed by atoms with Crippen molar-refractivity contribution in [3.05, 3.63) is 35.4 Å². The number of hydrogen-bond donors (Lipinski definition) is 1. The predicted molar refractivity (Wildman–Crippen MR) is 80.8 cm³/mol. The highest BCUT2D eigenvalue weighted by Crippen LogP contribution is 2.28. The average molecular weight is 320 g/mol. The van der Waals surface area contributed by atoms with E-state index >= 15 is 0 Å². The monoisotopic (exact) mass is 320 g/mol. The van der Waals surface area contributed by atoms with Crippen molar-refractivity contribution < 1.29 is 22.7 Å². The summed E-state index contributed by atoms with van der Waals surface area (Å²) < 4.78 is 41.4. The zero-order valence-electron chi connectivity index (χ0n) is 12.9. The first-order valence-electron chi connectivity index (χ1n) is 6.97. The third-order valence-corrected chi connectivity index (χ3v) is 2.43. The minimum Gasteiger partial charge on any atom is -0.394 e. The fourth-order valence-electron chi connectivity index (χ4n) is 1.25. The van der Waals surface area contributed by atoms with Crippen molar-refractivity contribution in [3.8, 4) is 0 Å². The van der Waals surface area contributed by atoms with E-state index in [2.05, 4.69) is 12.1 Å². The molecule has 0 aliphatic rings. The number of nitrogens with zero attached hydrogens (tertiary/aromatic N) is 1. The van der Waals surface area contributed by atoms with Crippen LogP contribution >= 0.6 is 0 Å². The van der Waals surface area contributed by atoms with Crippen LogP contribution in [0.2, 0.25) is 0 Å². The van der Waals surface area contributed by atoms with Crippen LogP contribution in [0.15, 0.2) is 29.4 Å². The van der Waals surface area contributed by atoms with Gasteiger partial charge in [-0.15, -0.1) is 0 Å². The highest BCUT2D eigenvalue weighted by molar-refractivity contribution is 5.79. The van der Waals surface area contributed by atoms with Crippen LogP contribution in [-0.4, -0.2) is 33.1 Å². The molecule has 0 radical (unpaired) electrons. The Labute approximate surface area is 129 Å². The molecule has 1 rings (SSSR count). The standard InChI is InChI=1S/C10H11F3N2O.C5H12O/c11-10(12,13)9-3-1-8(2-4-9)7-15-16-6-5-14;1-3-4-5-6-2/h1-4,7H,5-6,14H2;3-5H2,1-2H3/b15-7+;. The molecule has 7 heteroatoms. The van der Waals surface area contributed by atoms with Crippen LogP contribution in [0.4, 0.5) is 13.2 Å². The van der Waals surface area contributed by atoms with Crippen molar-refractivity contribution in [2.24, 2.45) is 10.9 Å². The lowest BCUT2D eigenvalue weighted by Gasteiger charge is -2.05. The summed E-state index contributed by atoms with van der Waals surface area (Å²) in [5.41, 5.74) is 5.00. The summed E-state index contributed by atoms with van der Waals surface area (Å²) in [7, 11) is 1.73. The number of ether oxygens (including phenoxy) is 1. The molecule has 0 amide bonds. The van der Waals surface area contributed by atoms with Gasteiger partial charge in [0.15, 0.2) is 0 Å². The Hall–Kier alpha value is -1.60. The van der Waals surface area contributed by atoms with Gasteiger partial charge in [0.1, 0.15) is 6.61 Å². The van der Waals surface area contributed by atoms with Gasteiger partial charge in [0.2, 0.25) is 0 Å². The van der Waals surface area contributed by atoms with Crippen LogP contribution in [0.25, 0.3) is 0 Å². The molecule has 0 aliphatic heterocycles. The Balaban J connectivity index is 0.000000626. The largest absolute Gasteiger partial charge is 0.416 e. The number of alkyl halides is 3. The quantitative estimate of drug-likeness (QED) is 0.475. The number of hydrogen-bond acceptors (Lipinski definition) is 4. The summed E-state index contributed by atoms with van der Waals surface area (Å²) in [5.74, 6) is 0. The second kappa shape index (κ2) is 12.0. The number of methoxy groups -OCH3 is 1. The fourth-order valence-corrected chi connectivity index (χ4v) is 1.25. The van der Waals surface area contributed by atoms with E-state index in [1.54, 1.807) is 7.11 Å². The molecule has 0 saturated carbocycles. The Morgan fingerprint density at radius 1 is 1.18 bits per heavy atom. The van der Waals surface area contributed by atoms with Crippen LogP contribution in [-0.2, 0) is 15.8 Å². The van der Waals surface area contributed by atoms with Gasteiger partial charge in [0.05, 0.1) is 11.8 Å². The van der Waals surface area contributed by atoms with Crippen LogP contribution in [0.5, 0.6) is 0 Å². The molecular weight excluding hydrogens is 297 g/mol. The van der Waals surface area contributed by atoms with Crippen molar-refractivity contribution in [2.75, 3.05) is 26.9 Å². The highest BCUT2D eigenvalue weighted by atomic mass is 19.4. The molecular formula is C15H23F3N2O2.